The molecule has 0 saturated carbocycles. The molecule has 3 N–H and O–H groups in total. The second-order valence-corrected chi connectivity index (χ2v) is 5.35. The maximum Gasteiger partial charge on any atom is 0.220 e. The van der Waals surface area contributed by atoms with Gasteiger partial charge in [-0.1, -0.05) is 0 Å². The fourth-order valence-electron chi connectivity index (χ4n) is 1.13. The molecule has 0 aliphatic carbocycles. The van der Waals surface area contributed by atoms with Gasteiger partial charge in [0.25, 0.3) is 0 Å². The Labute approximate surface area is 102 Å². The van der Waals surface area contributed by atoms with Crippen molar-refractivity contribution in [1.29, 1.82) is 0 Å². The van der Waals surface area contributed by atoms with Gasteiger partial charge in [-0.3, -0.25) is 4.79 Å². The van der Waals surface area contributed by atoms with Crippen molar-refractivity contribution >= 4 is 33.2 Å². The summed E-state index contributed by atoms with van der Waals surface area (Å²) in [6, 6.07) is 2.11. The summed E-state index contributed by atoms with van der Waals surface area (Å²) in [5, 5.41) is 4.86. The first kappa shape index (κ1) is 12.7. The number of amides is 1. The smallest absolute Gasteiger partial charge is 0.220 e. The van der Waals surface area contributed by atoms with Crippen LogP contribution in [0.2, 0.25) is 0 Å². The minimum absolute atomic E-state index is 0.0626. The number of carbonyl (C=O) groups is 1. The number of halogens is 1. The van der Waals surface area contributed by atoms with E-state index < -0.39 is 0 Å². The van der Waals surface area contributed by atoms with E-state index in [0.717, 1.165) is 10.9 Å². The lowest BCUT2D eigenvalue weighted by molar-refractivity contribution is -0.121. The average Bonchev–Trinajstić information content (AvgIpc) is 2.61. The van der Waals surface area contributed by atoms with Crippen molar-refractivity contribution in [2.75, 3.05) is 6.54 Å². The van der Waals surface area contributed by atoms with Gasteiger partial charge in [-0.2, -0.15) is 0 Å². The zero-order valence-corrected chi connectivity index (χ0v) is 11.0. The molecule has 1 rings (SSSR count). The predicted molar refractivity (Wildman–Crippen MR) is 67.0 cm³/mol. The summed E-state index contributed by atoms with van der Waals surface area (Å²) < 4.78 is 1.08. The summed E-state index contributed by atoms with van der Waals surface area (Å²) in [5.41, 5.74) is 5.41. The van der Waals surface area contributed by atoms with E-state index >= 15 is 0 Å². The van der Waals surface area contributed by atoms with Crippen molar-refractivity contribution in [1.82, 2.24) is 5.32 Å². The summed E-state index contributed by atoms with van der Waals surface area (Å²) >= 11 is 5.05. The van der Waals surface area contributed by atoms with Crippen LogP contribution in [-0.2, 0) is 11.2 Å². The Morgan fingerprint density at radius 3 is 3.00 bits per heavy atom. The quantitative estimate of drug-likeness (QED) is 0.870. The number of rotatable bonds is 5. The third-order valence-electron chi connectivity index (χ3n) is 1.98. The number of nitrogens with one attached hydrogen (secondary N) is 1. The molecule has 0 bridgehead atoms. The molecule has 1 aromatic heterocycles. The topological polar surface area (TPSA) is 55.1 Å². The van der Waals surface area contributed by atoms with Crippen LogP contribution in [0.25, 0.3) is 0 Å². The lowest BCUT2D eigenvalue weighted by Gasteiger charge is -2.10. The zero-order chi connectivity index (χ0) is 11.3. The Kier molecular flexibility index (Phi) is 5.28. The molecule has 0 fully saturated rings. The van der Waals surface area contributed by atoms with Crippen LogP contribution in [0.1, 0.15) is 18.2 Å². The van der Waals surface area contributed by atoms with E-state index in [0.29, 0.717) is 13.0 Å². The first-order valence-corrected chi connectivity index (χ1v) is 6.51. The molecule has 1 atom stereocenters. The van der Waals surface area contributed by atoms with Crippen molar-refractivity contribution < 1.29 is 4.79 Å². The highest BCUT2D eigenvalue weighted by Crippen LogP contribution is 2.20. The molecule has 84 valence electrons. The average molecular weight is 291 g/mol. The SMILES string of the molecule is C[C@@H](CN)NC(=O)CCc1cc(Br)cs1. The minimum atomic E-state index is 0.0626. The number of carbonyl (C=O) groups excluding carboxylic acids is 1. The highest BCUT2D eigenvalue weighted by atomic mass is 79.9. The van der Waals surface area contributed by atoms with Crippen molar-refractivity contribution in [3.63, 3.8) is 0 Å². The second kappa shape index (κ2) is 6.25. The van der Waals surface area contributed by atoms with Crippen molar-refractivity contribution in [3.8, 4) is 0 Å². The van der Waals surface area contributed by atoms with Gasteiger partial charge in [0.05, 0.1) is 0 Å². The highest BCUT2D eigenvalue weighted by Gasteiger charge is 2.06. The van der Waals surface area contributed by atoms with E-state index in [1.807, 2.05) is 18.4 Å². The van der Waals surface area contributed by atoms with Gasteiger partial charge in [-0.05, 0) is 35.3 Å². The summed E-state index contributed by atoms with van der Waals surface area (Å²) in [7, 11) is 0. The van der Waals surface area contributed by atoms with Crippen LogP contribution in [0.3, 0.4) is 0 Å². The monoisotopic (exact) mass is 290 g/mol. The number of aryl methyl sites for hydroxylation is 1. The molecule has 15 heavy (non-hydrogen) atoms. The van der Waals surface area contributed by atoms with Crippen LogP contribution < -0.4 is 11.1 Å². The van der Waals surface area contributed by atoms with Crippen LogP contribution in [0, 0.1) is 0 Å². The Morgan fingerprint density at radius 2 is 2.47 bits per heavy atom. The normalized spacial score (nSPS) is 12.5. The molecule has 0 saturated heterocycles. The van der Waals surface area contributed by atoms with Gasteiger partial charge in [0, 0.05) is 33.7 Å². The number of thiophene rings is 1. The van der Waals surface area contributed by atoms with Crippen LogP contribution in [0.4, 0.5) is 0 Å². The number of hydrogen-bond acceptors (Lipinski definition) is 3. The molecular formula is C10H15BrN2OS. The van der Waals surface area contributed by atoms with Crippen molar-refractivity contribution in [3.05, 3.63) is 20.8 Å². The standard InChI is InChI=1S/C10H15BrN2OS/c1-7(5-12)13-10(14)3-2-9-4-8(11)6-15-9/h4,6-7H,2-3,5,12H2,1H3,(H,13,14)/t7-/m0/s1. The molecule has 1 heterocycles. The summed E-state index contributed by atoms with van der Waals surface area (Å²) in [4.78, 5) is 12.6. The van der Waals surface area contributed by atoms with E-state index in [-0.39, 0.29) is 11.9 Å². The van der Waals surface area contributed by atoms with Gasteiger partial charge in [0.15, 0.2) is 0 Å². The van der Waals surface area contributed by atoms with E-state index in [4.69, 9.17) is 5.73 Å². The van der Waals surface area contributed by atoms with Crippen LogP contribution >= 0.6 is 27.3 Å². The Bertz CT molecular complexity index is 327. The lowest BCUT2D eigenvalue weighted by atomic mass is 10.2. The summed E-state index contributed by atoms with van der Waals surface area (Å²) in [6.45, 7) is 2.38. The molecule has 5 heteroatoms. The maximum atomic E-state index is 11.4. The molecule has 0 radical (unpaired) electrons. The van der Waals surface area contributed by atoms with Crippen LogP contribution in [0.15, 0.2) is 15.9 Å². The van der Waals surface area contributed by atoms with E-state index in [1.54, 1.807) is 11.3 Å². The fourth-order valence-corrected chi connectivity index (χ4v) is 2.58. The van der Waals surface area contributed by atoms with E-state index in [1.165, 1.54) is 4.88 Å². The van der Waals surface area contributed by atoms with Crippen molar-refractivity contribution in [2.45, 2.75) is 25.8 Å². The molecule has 3 nitrogen and oxygen atoms in total. The molecular weight excluding hydrogens is 276 g/mol. The fraction of sp³-hybridized carbons (Fsp3) is 0.500. The first-order valence-electron chi connectivity index (χ1n) is 4.84. The van der Waals surface area contributed by atoms with E-state index in [2.05, 4.69) is 21.2 Å². The molecule has 1 amide bonds. The lowest BCUT2D eigenvalue weighted by Crippen LogP contribution is -2.37. The second-order valence-electron chi connectivity index (χ2n) is 3.44. The molecule has 0 aliphatic heterocycles. The number of hydrogen-bond donors (Lipinski definition) is 2. The van der Waals surface area contributed by atoms with Gasteiger partial charge in [0.2, 0.25) is 5.91 Å². The minimum Gasteiger partial charge on any atom is -0.352 e. The van der Waals surface area contributed by atoms with Gasteiger partial charge < -0.3 is 11.1 Å². The summed E-state index contributed by atoms with van der Waals surface area (Å²) in [5.74, 6) is 0.0671. The molecule has 0 spiro atoms. The largest absolute Gasteiger partial charge is 0.352 e. The van der Waals surface area contributed by atoms with Gasteiger partial charge in [-0.25, -0.2) is 0 Å². The van der Waals surface area contributed by atoms with Crippen molar-refractivity contribution in [2.24, 2.45) is 5.73 Å². The van der Waals surface area contributed by atoms with Gasteiger partial charge in [0.1, 0.15) is 0 Å². The molecule has 0 aliphatic rings. The Balaban J connectivity index is 2.28. The predicted octanol–water partition coefficient (Wildman–Crippen LogP) is 1.91. The highest BCUT2D eigenvalue weighted by molar-refractivity contribution is 9.10. The van der Waals surface area contributed by atoms with Crippen LogP contribution in [-0.4, -0.2) is 18.5 Å². The van der Waals surface area contributed by atoms with Crippen LogP contribution in [0.5, 0.6) is 0 Å². The maximum absolute atomic E-state index is 11.4. The third kappa shape index (κ3) is 4.77. The van der Waals surface area contributed by atoms with E-state index in [9.17, 15) is 4.79 Å². The van der Waals surface area contributed by atoms with Gasteiger partial charge >= 0.3 is 0 Å². The summed E-state index contributed by atoms with van der Waals surface area (Å²) in [6.07, 6.45) is 1.32. The molecule has 0 unspecified atom stereocenters. The Morgan fingerprint density at radius 1 is 1.73 bits per heavy atom. The molecule has 1 aromatic rings. The van der Waals surface area contributed by atoms with Gasteiger partial charge in [-0.15, -0.1) is 11.3 Å². The zero-order valence-electron chi connectivity index (χ0n) is 8.63. The third-order valence-corrected chi connectivity index (χ3v) is 3.74. The molecule has 0 aromatic carbocycles. The Hall–Kier alpha value is -0.390. The number of nitrogens with two attached hydrogens (primary N) is 1. The first-order chi connectivity index (χ1) is 7.11.